The Labute approximate surface area is 191 Å². The molecule has 0 spiro atoms. The number of carbonyl (C=O) groups is 1. The van der Waals surface area contributed by atoms with Gasteiger partial charge in [0.2, 0.25) is 5.91 Å². The molecule has 2 aromatic carbocycles. The van der Waals surface area contributed by atoms with E-state index < -0.39 is 0 Å². The fraction of sp³-hybridized carbons (Fsp3) is 0.360. The molecule has 7 heteroatoms. The van der Waals surface area contributed by atoms with Gasteiger partial charge in [-0.15, -0.1) is 17.9 Å². The summed E-state index contributed by atoms with van der Waals surface area (Å²) < 4.78 is 19.1. The van der Waals surface area contributed by atoms with E-state index in [0.29, 0.717) is 51.5 Å². The molecule has 1 amide bonds. The molecule has 2 aliphatic rings. The molecule has 166 valence electrons. The molecule has 1 atom stereocenters. The van der Waals surface area contributed by atoms with E-state index in [0.717, 1.165) is 38.5 Å². The molecule has 3 aromatic rings. The highest BCUT2D eigenvalue weighted by molar-refractivity contribution is 7.21. The molecule has 1 saturated heterocycles. The predicted molar refractivity (Wildman–Crippen MR) is 125 cm³/mol. The Balaban J connectivity index is 1.53. The van der Waals surface area contributed by atoms with Crippen LogP contribution in [-0.4, -0.2) is 48.3 Å². The average molecular weight is 451 g/mol. The Bertz CT molecular complexity index is 1100. The van der Waals surface area contributed by atoms with Crippen LogP contribution in [0.2, 0.25) is 0 Å². The monoisotopic (exact) mass is 450 g/mol. The molecule has 5 rings (SSSR count). The normalized spacial score (nSPS) is 18.1. The van der Waals surface area contributed by atoms with Crippen molar-refractivity contribution < 1.29 is 19.0 Å². The molecular formula is C25H26N2O4S. The molecule has 0 aliphatic carbocycles. The molecule has 0 bridgehead atoms. The third kappa shape index (κ3) is 4.36. The van der Waals surface area contributed by atoms with Crippen LogP contribution < -0.4 is 9.47 Å². The topological polar surface area (TPSA) is 60.9 Å². The van der Waals surface area contributed by atoms with Crippen molar-refractivity contribution in [1.82, 2.24) is 9.88 Å². The van der Waals surface area contributed by atoms with E-state index in [1.54, 1.807) is 17.4 Å². The van der Waals surface area contributed by atoms with Crippen LogP contribution in [0.3, 0.4) is 0 Å². The summed E-state index contributed by atoms with van der Waals surface area (Å²) in [5.41, 5.74) is 2.90. The van der Waals surface area contributed by atoms with Crippen molar-refractivity contribution in [2.75, 3.05) is 26.4 Å². The first-order valence-corrected chi connectivity index (χ1v) is 11.8. The SMILES string of the molecule is C=CCCC(=O)N1CCOc2c(cc(-c3nc4ccccc4s3)cc2O[C@H]2CCOC2)C1. The van der Waals surface area contributed by atoms with E-state index in [2.05, 4.69) is 18.7 Å². The third-order valence-corrected chi connectivity index (χ3v) is 6.82. The number of carbonyl (C=O) groups excluding carboxylic acids is 1. The first-order chi connectivity index (χ1) is 15.7. The van der Waals surface area contributed by atoms with Crippen LogP contribution >= 0.6 is 11.3 Å². The molecule has 32 heavy (non-hydrogen) atoms. The van der Waals surface area contributed by atoms with Gasteiger partial charge in [0.1, 0.15) is 17.7 Å². The number of thiazole rings is 1. The zero-order valence-electron chi connectivity index (χ0n) is 17.9. The van der Waals surface area contributed by atoms with Crippen molar-refractivity contribution in [2.45, 2.75) is 31.9 Å². The maximum atomic E-state index is 12.7. The maximum Gasteiger partial charge on any atom is 0.223 e. The number of benzene rings is 2. The highest BCUT2D eigenvalue weighted by atomic mass is 32.1. The van der Waals surface area contributed by atoms with Crippen molar-refractivity contribution >= 4 is 27.5 Å². The van der Waals surface area contributed by atoms with Crippen molar-refractivity contribution in [1.29, 1.82) is 0 Å². The van der Waals surface area contributed by atoms with Gasteiger partial charge in [-0.1, -0.05) is 18.2 Å². The van der Waals surface area contributed by atoms with E-state index in [-0.39, 0.29) is 12.0 Å². The second-order valence-corrected chi connectivity index (χ2v) is 9.07. The van der Waals surface area contributed by atoms with Crippen molar-refractivity contribution in [3.63, 3.8) is 0 Å². The number of amides is 1. The predicted octanol–water partition coefficient (Wildman–Crippen LogP) is 4.82. The largest absolute Gasteiger partial charge is 0.487 e. The van der Waals surface area contributed by atoms with Gasteiger partial charge in [0.05, 0.1) is 30.0 Å². The van der Waals surface area contributed by atoms with E-state index >= 15 is 0 Å². The molecule has 2 aliphatic heterocycles. The number of rotatable bonds is 6. The minimum atomic E-state index is 0.00176. The highest BCUT2D eigenvalue weighted by Gasteiger charge is 2.26. The summed E-state index contributed by atoms with van der Waals surface area (Å²) in [6.45, 7) is 6.48. The summed E-state index contributed by atoms with van der Waals surface area (Å²) in [6, 6.07) is 12.2. The third-order valence-electron chi connectivity index (χ3n) is 5.74. The number of nitrogens with zero attached hydrogens (tertiary/aromatic N) is 2. The Kier molecular flexibility index (Phi) is 6.10. The molecule has 0 radical (unpaired) electrons. The lowest BCUT2D eigenvalue weighted by Gasteiger charge is -2.20. The fourth-order valence-corrected chi connectivity index (χ4v) is 5.03. The van der Waals surface area contributed by atoms with Gasteiger partial charge in [-0.05, 0) is 30.7 Å². The number of allylic oxidation sites excluding steroid dienone is 1. The van der Waals surface area contributed by atoms with Gasteiger partial charge in [-0.25, -0.2) is 4.98 Å². The van der Waals surface area contributed by atoms with Gasteiger partial charge in [-0.2, -0.15) is 0 Å². The lowest BCUT2D eigenvalue weighted by Crippen LogP contribution is -2.32. The molecule has 0 unspecified atom stereocenters. The van der Waals surface area contributed by atoms with Gasteiger partial charge in [0.15, 0.2) is 11.5 Å². The first-order valence-electron chi connectivity index (χ1n) is 11.0. The number of hydrogen-bond donors (Lipinski definition) is 0. The average Bonchev–Trinajstić information content (AvgIpc) is 3.42. The van der Waals surface area contributed by atoms with Gasteiger partial charge < -0.3 is 19.1 Å². The van der Waals surface area contributed by atoms with Gasteiger partial charge in [0, 0.05) is 30.5 Å². The first kappa shape index (κ1) is 21.0. The lowest BCUT2D eigenvalue weighted by molar-refractivity contribution is -0.131. The summed E-state index contributed by atoms with van der Waals surface area (Å²) in [4.78, 5) is 19.4. The van der Waals surface area contributed by atoms with Crippen molar-refractivity contribution in [3.8, 4) is 22.1 Å². The number of fused-ring (bicyclic) bond motifs is 2. The van der Waals surface area contributed by atoms with Gasteiger partial charge in [0.25, 0.3) is 0 Å². The second kappa shape index (κ2) is 9.30. The molecule has 3 heterocycles. The standard InChI is InChI=1S/C25H26N2O4S/c1-2-3-8-23(28)27-10-12-30-24-18(15-27)13-17(14-21(24)31-19-9-11-29-16-19)25-26-20-6-4-5-7-22(20)32-25/h2,4-7,13-14,19H,1,3,8-12,15-16H2/t19-/m0/s1. The van der Waals surface area contributed by atoms with Crippen molar-refractivity contribution in [2.24, 2.45) is 0 Å². The van der Waals surface area contributed by atoms with E-state index in [9.17, 15) is 4.79 Å². The minimum Gasteiger partial charge on any atom is -0.487 e. The van der Waals surface area contributed by atoms with Crippen LogP contribution in [0.1, 0.15) is 24.8 Å². The molecule has 0 saturated carbocycles. The fourth-order valence-electron chi connectivity index (χ4n) is 4.07. The molecular weight excluding hydrogens is 424 g/mol. The van der Waals surface area contributed by atoms with Crippen molar-refractivity contribution in [3.05, 3.63) is 54.6 Å². The lowest BCUT2D eigenvalue weighted by atomic mass is 10.1. The van der Waals surface area contributed by atoms with Crippen LogP contribution in [0.4, 0.5) is 0 Å². The van der Waals surface area contributed by atoms with Crippen LogP contribution in [0.15, 0.2) is 49.1 Å². The summed E-state index contributed by atoms with van der Waals surface area (Å²) in [6.07, 6.45) is 3.76. The Morgan fingerprint density at radius 1 is 1.31 bits per heavy atom. The summed E-state index contributed by atoms with van der Waals surface area (Å²) >= 11 is 1.65. The number of hydrogen-bond acceptors (Lipinski definition) is 6. The van der Waals surface area contributed by atoms with E-state index in [1.807, 2.05) is 29.2 Å². The van der Waals surface area contributed by atoms with Crippen LogP contribution in [0.5, 0.6) is 11.5 Å². The van der Waals surface area contributed by atoms with Crippen LogP contribution in [-0.2, 0) is 16.1 Å². The Morgan fingerprint density at radius 3 is 3.03 bits per heavy atom. The molecule has 1 fully saturated rings. The molecule has 1 aromatic heterocycles. The zero-order valence-corrected chi connectivity index (χ0v) is 18.7. The Morgan fingerprint density at radius 2 is 2.22 bits per heavy atom. The van der Waals surface area contributed by atoms with Gasteiger partial charge >= 0.3 is 0 Å². The molecule has 0 N–H and O–H groups in total. The second-order valence-electron chi connectivity index (χ2n) is 8.04. The summed E-state index contributed by atoms with van der Waals surface area (Å²) in [5.74, 6) is 1.53. The smallest absolute Gasteiger partial charge is 0.223 e. The number of ether oxygens (including phenoxy) is 3. The molecule has 6 nitrogen and oxygen atoms in total. The zero-order chi connectivity index (χ0) is 21.9. The van der Waals surface area contributed by atoms with Crippen LogP contribution in [0, 0.1) is 0 Å². The summed E-state index contributed by atoms with van der Waals surface area (Å²) in [5, 5.41) is 0.926. The minimum absolute atomic E-state index is 0.00176. The van der Waals surface area contributed by atoms with Gasteiger partial charge in [-0.3, -0.25) is 4.79 Å². The maximum absolute atomic E-state index is 12.7. The number of para-hydroxylation sites is 1. The van der Waals surface area contributed by atoms with E-state index in [4.69, 9.17) is 19.2 Å². The quantitative estimate of drug-likeness (QED) is 0.504. The number of aromatic nitrogens is 1. The van der Waals surface area contributed by atoms with E-state index in [1.165, 1.54) is 0 Å². The van der Waals surface area contributed by atoms with Crippen LogP contribution in [0.25, 0.3) is 20.8 Å². The Hall–Kier alpha value is -2.90. The highest BCUT2D eigenvalue weighted by Crippen LogP contribution is 2.41. The summed E-state index contributed by atoms with van der Waals surface area (Å²) in [7, 11) is 0.